The first kappa shape index (κ1) is 19.0. The third-order valence-electron chi connectivity index (χ3n) is 4.50. The molecule has 1 aromatic carbocycles. The van der Waals surface area contributed by atoms with Gasteiger partial charge in [-0.2, -0.15) is 18.3 Å². The molecule has 0 unspecified atom stereocenters. The average molecular weight is 375 g/mol. The van der Waals surface area contributed by atoms with Crippen molar-refractivity contribution in [1.82, 2.24) is 9.97 Å². The number of allylic oxidation sites excluding steroid dienone is 1. The molecule has 1 heterocycles. The zero-order valence-electron chi connectivity index (χ0n) is 14.9. The zero-order chi connectivity index (χ0) is 19.4. The molecule has 5 nitrogen and oxygen atoms in total. The minimum Gasteiger partial charge on any atom is -0.386 e. The largest absolute Gasteiger partial charge is 0.389 e. The van der Waals surface area contributed by atoms with E-state index in [-0.39, 0.29) is 12.2 Å². The lowest BCUT2D eigenvalue weighted by Crippen LogP contribution is -2.11. The van der Waals surface area contributed by atoms with E-state index in [4.69, 9.17) is 5.53 Å². The van der Waals surface area contributed by atoms with E-state index in [9.17, 15) is 13.2 Å². The number of halogens is 3. The molecule has 2 N–H and O–H groups in total. The van der Waals surface area contributed by atoms with Gasteiger partial charge in [-0.25, -0.2) is 15.5 Å². The SMILES string of the molecule is CNc1cc(C2=CCCCc3nc(CCC(F)(F)F)ncc32)ccc1N=N. The van der Waals surface area contributed by atoms with Crippen LogP contribution in [0.25, 0.3) is 5.57 Å². The lowest BCUT2D eigenvalue weighted by atomic mass is 9.97. The molecular weight excluding hydrogens is 355 g/mol. The monoisotopic (exact) mass is 375 g/mol. The maximum atomic E-state index is 12.5. The van der Waals surface area contributed by atoms with Crippen LogP contribution in [-0.4, -0.2) is 23.2 Å². The molecule has 1 aliphatic carbocycles. The smallest absolute Gasteiger partial charge is 0.386 e. The number of aromatic nitrogens is 2. The second-order valence-electron chi connectivity index (χ2n) is 6.37. The molecule has 0 spiro atoms. The third kappa shape index (κ3) is 4.50. The van der Waals surface area contributed by atoms with Gasteiger partial charge in [-0.05, 0) is 42.5 Å². The molecule has 0 saturated carbocycles. The summed E-state index contributed by atoms with van der Waals surface area (Å²) in [5, 5.41) is 6.52. The Hall–Kier alpha value is -2.77. The fourth-order valence-corrected chi connectivity index (χ4v) is 3.15. The van der Waals surface area contributed by atoms with Crippen molar-refractivity contribution < 1.29 is 13.2 Å². The summed E-state index contributed by atoms with van der Waals surface area (Å²) in [7, 11) is 1.76. The first-order chi connectivity index (χ1) is 12.9. The number of hydrogen-bond acceptors (Lipinski definition) is 5. The first-order valence-electron chi connectivity index (χ1n) is 8.73. The molecule has 0 atom stereocenters. The Morgan fingerprint density at radius 3 is 2.81 bits per heavy atom. The highest BCUT2D eigenvalue weighted by Crippen LogP contribution is 2.34. The fourth-order valence-electron chi connectivity index (χ4n) is 3.15. The summed E-state index contributed by atoms with van der Waals surface area (Å²) >= 11 is 0. The van der Waals surface area contributed by atoms with Gasteiger partial charge in [-0.15, -0.1) is 0 Å². The number of rotatable bonds is 5. The second-order valence-corrected chi connectivity index (χ2v) is 6.37. The van der Waals surface area contributed by atoms with E-state index >= 15 is 0 Å². The third-order valence-corrected chi connectivity index (χ3v) is 4.50. The van der Waals surface area contributed by atoms with Crippen molar-refractivity contribution in [3.05, 3.63) is 53.1 Å². The predicted molar refractivity (Wildman–Crippen MR) is 97.2 cm³/mol. The van der Waals surface area contributed by atoms with Gasteiger partial charge in [0, 0.05) is 25.2 Å². The molecule has 27 heavy (non-hydrogen) atoms. The van der Waals surface area contributed by atoms with Crippen LogP contribution in [0.4, 0.5) is 24.5 Å². The van der Waals surface area contributed by atoms with E-state index in [2.05, 4.69) is 26.5 Å². The minimum absolute atomic E-state index is 0.209. The van der Waals surface area contributed by atoms with Crippen molar-refractivity contribution in [2.24, 2.45) is 5.11 Å². The molecule has 8 heteroatoms. The highest BCUT2D eigenvalue weighted by molar-refractivity contribution is 5.84. The van der Waals surface area contributed by atoms with Gasteiger partial charge in [0.25, 0.3) is 0 Å². The summed E-state index contributed by atoms with van der Waals surface area (Å²) in [6.07, 6.45) is 0.834. The Morgan fingerprint density at radius 1 is 1.30 bits per heavy atom. The van der Waals surface area contributed by atoms with Crippen molar-refractivity contribution >= 4 is 16.9 Å². The van der Waals surface area contributed by atoms with Crippen molar-refractivity contribution in [2.75, 3.05) is 12.4 Å². The van der Waals surface area contributed by atoms with Gasteiger partial charge < -0.3 is 5.32 Å². The van der Waals surface area contributed by atoms with Gasteiger partial charge in [0.1, 0.15) is 11.5 Å². The van der Waals surface area contributed by atoms with Crippen molar-refractivity contribution in [2.45, 2.75) is 38.3 Å². The van der Waals surface area contributed by atoms with Crippen LogP contribution in [0.3, 0.4) is 0 Å². The molecule has 0 amide bonds. The summed E-state index contributed by atoms with van der Waals surface area (Å²) in [5.41, 5.74) is 12.0. The highest BCUT2D eigenvalue weighted by Gasteiger charge is 2.27. The predicted octanol–water partition coefficient (Wildman–Crippen LogP) is 5.44. The van der Waals surface area contributed by atoms with Crippen LogP contribution in [-0.2, 0) is 12.8 Å². The Bertz CT molecular complexity index is 874. The molecule has 0 aliphatic heterocycles. The number of fused-ring (bicyclic) bond motifs is 1. The molecule has 2 aromatic rings. The van der Waals surface area contributed by atoms with Crippen LogP contribution in [0.15, 0.2) is 35.6 Å². The number of aryl methyl sites for hydroxylation is 2. The van der Waals surface area contributed by atoms with Gasteiger partial charge in [0.2, 0.25) is 0 Å². The Balaban J connectivity index is 1.95. The number of nitrogens with zero attached hydrogens (tertiary/aromatic N) is 3. The van der Waals surface area contributed by atoms with Crippen molar-refractivity contribution in [3.63, 3.8) is 0 Å². The maximum absolute atomic E-state index is 12.5. The van der Waals surface area contributed by atoms with Crippen LogP contribution in [0.1, 0.15) is 41.9 Å². The quantitative estimate of drug-likeness (QED) is 0.683. The van der Waals surface area contributed by atoms with Crippen LogP contribution in [0, 0.1) is 5.53 Å². The van der Waals surface area contributed by atoms with Gasteiger partial charge in [0.15, 0.2) is 0 Å². The lowest BCUT2D eigenvalue weighted by molar-refractivity contribution is -0.134. The summed E-state index contributed by atoms with van der Waals surface area (Å²) in [6, 6.07) is 5.55. The number of hydrogen-bond donors (Lipinski definition) is 2. The van der Waals surface area contributed by atoms with E-state index in [1.807, 2.05) is 12.1 Å². The summed E-state index contributed by atoms with van der Waals surface area (Å²) in [6.45, 7) is 0. The summed E-state index contributed by atoms with van der Waals surface area (Å²) < 4.78 is 37.4. The van der Waals surface area contributed by atoms with Gasteiger partial charge in [-0.3, -0.25) is 0 Å². The molecule has 142 valence electrons. The van der Waals surface area contributed by atoms with Gasteiger partial charge in [-0.1, -0.05) is 12.1 Å². The topological polar surface area (TPSA) is 74.0 Å². The minimum atomic E-state index is -4.21. The van der Waals surface area contributed by atoms with Gasteiger partial charge >= 0.3 is 6.18 Å². The van der Waals surface area contributed by atoms with Gasteiger partial charge in [0.05, 0.1) is 17.8 Å². The normalized spacial score (nSPS) is 14.1. The molecule has 1 aliphatic rings. The van der Waals surface area contributed by atoms with E-state index in [0.29, 0.717) is 12.1 Å². The maximum Gasteiger partial charge on any atom is 0.389 e. The van der Waals surface area contributed by atoms with Crippen molar-refractivity contribution in [3.8, 4) is 0 Å². The highest BCUT2D eigenvalue weighted by atomic mass is 19.4. The van der Waals surface area contributed by atoms with Crippen LogP contribution < -0.4 is 5.32 Å². The number of nitrogens with one attached hydrogen (secondary N) is 2. The molecular formula is C19H20F3N5. The Kier molecular flexibility index (Phi) is 5.53. The molecule has 0 fully saturated rings. The molecule has 0 saturated heterocycles. The molecule has 0 radical (unpaired) electrons. The average Bonchev–Trinajstić information content (AvgIpc) is 2.87. The lowest BCUT2D eigenvalue weighted by Gasteiger charge is -2.14. The van der Waals surface area contributed by atoms with Crippen LogP contribution in [0.2, 0.25) is 0 Å². The number of alkyl halides is 3. The van der Waals surface area contributed by atoms with Crippen LogP contribution >= 0.6 is 0 Å². The number of benzene rings is 1. The number of anilines is 1. The molecule has 0 bridgehead atoms. The van der Waals surface area contributed by atoms with E-state index in [0.717, 1.165) is 40.9 Å². The fraction of sp³-hybridized carbons (Fsp3) is 0.368. The summed E-state index contributed by atoms with van der Waals surface area (Å²) in [4.78, 5) is 8.59. The first-order valence-corrected chi connectivity index (χ1v) is 8.73. The van der Waals surface area contributed by atoms with Crippen molar-refractivity contribution in [1.29, 1.82) is 5.53 Å². The van der Waals surface area contributed by atoms with E-state index in [1.54, 1.807) is 19.3 Å². The standard InChI is InChI=1S/C19H20F3N5/c1-24-17-10-12(6-7-16(17)27-23)13-4-2-3-5-15-14(13)11-25-18(26-15)8-9-19(20,21)22/h4,6-7,10-11,23-24H,2-3,5,8-9H2,1H3. The molecule has 3 rings (SSSR count). The van der Waals surface area contributed by atoms with E-state index in [1.165, 1.54) is 0 Å². The Morgan fingerprint density at radius 2 is 2.11 bits per heavy atom. The summed E-state index contributed by atoms with van der Waals surface area (Å²) in [5.74, 6) is 0.228. The Labute approximate surface area is 155 Å². The van der Waals surface area contributed by atoms with Crippen LogP contribution in [0.5, 0.6) is 0 Å². The zero-order valence-corrected chi connectivity index (χ0v) is 14.9. The van der Waals surface area contributed by atoms with E-state index < -0.39 is 12.6 Å². The second kappa shape index (κ2) is 7.85. The molecule has 1 aromatic heterocycles.